The second-order valence-corrected chi connectivity index (χ2v) is 5.08. The first-order valence-electron chi connectivity index (χ1n) is 5.43. The van der Waals surface area contributed by atoms with Crippen LogP contribution >= 0.6 is 15.9 Å². The number of alkyl halides is 3. The number of methoxy groups -OCH3 is 1. The van der Waals surface area contributed by atoms with Gasteiger partial charge in [0.15, 0.2) is 0 Å². The van der Waals surface area contributed by atoms with Crippen molar-refractivity contribution in [1.29, 1.82) is 0 Å². The summed E-state index contributed by atoms with van der Waals surface area (Å²) < 4.78 is 43.2. The van der Waals surface area contributed by atoms with E-state index in [0.29, 0.717) is 23.3 Å². The molecule has 0 fully saturated rings. The highest BCUT2D eigenvalue weighted by Gasteiger charge is 2.31. The van der Waals surface area contributed by atoms with Gasteiger partial charge in [-0.3, -0.25) is 0 Å². The number of rotatable bonds is 5. The minimum Gasteiger partial charge on any atom is -0.385 e. The Morgan fingerprint density at radius 1 is 1.33 bits per heavy atom. The lowest BCUT2D eigenvalue weighted by atomic mass is 10.1. The first kappa shape index (κ1) is 15.3. The third-order valence-corrected chi connectivity index (χ3v) is 2.79. The van der Waals surface area contributed by atoms with Gasteiger partial charge < -0.3 is 10.1 Å². The van der Waals surface area contributed by atoms with Crippen molar-refractivity contribution >= 4 is 21.6 Å². The Labute approximate surface area is 113 Å². The van der Waals surface area contributed by atoms with Gasteiger partial charge in [0.1, 0.15) is 0 Å². The number of ether oxygens (including phenoxy) is 1. The van der Waals surface area contributed by atoms with Crippen LogP contribution in [0, 0.1) is 5.92 Å². The molecule has 0 heterocycles. The molecule has 18 heavy (non-hydrogen) atoms. The Morgan fingerprint density at radius 2 is 2.00 bits per heavy atom. The fraction of sp³-hybridized carbons (Fsp3) is 0.500. The minimum atomic E-state index is -4.33. The van der Waals surface area contributed by atoms with Crippen LogP contribution < -0.4 is 5.32 Å². The summed E-state index contributed by atoms with van der Waals surface area (Å²) in [5.41, 5.74) is -0.224. The molecule has 0 saturated carbocycles. The summed E-state index contributed by atoms with van der Waals surface area (Å²) in [5, 5.41) is 2.97. The van der Waals surface area contributed by atoms with Crippen molar-refractivity contribution in [2.24, 2.45) is 5.92 Å². The van der Waals surface area contributed by atoms with Crippen LogP contribution in [0.4, 0.5) is 18.9 Å². The molecule has 2 nitrogen and oxygen atoms in total. The van der Waals surface area contributed by atoms with Gasteiger partial charge in [-0.15, -0.1) is 0 Å². The highest BCUT2D eigenvalue weighted by Crippen LogP contribution is 2.33. The molecule has 0 bridgehead atoms. The van der Waals surface area contributed by atoms with Gasteiger partial charge in [-0.25, -0.2) is 0 Å². The average Bonchev–Trinajstić information content (AvgIpc) is 2.25. The smallest absolute Gasteiger partial charge is 0.385 e. The SMILES string of the molecule is COCC(C)CNc1cc(Br)cc(C(F)(F)F)c1. The van der Waals surface area contributed by atoms with E-state index in [-0.39, 0.29) is 5.92 Å². The highest BCUT2D eigenvalue weighted by atomic mass is 79.9. The molecule has 1 rings (SSSR count). The zero-order chi connectivity index (χ0) is 13.8. The van der Waals surface area contributed by atoms with E-state index in [0.717, 1.165) is 12.1 Å². The lowest BCUT2D eigenvalue weighted by Crippen LogP contribution is -2.16. The monoisotopic (exact) mass is 325 g/mol. The molecule has 102 valence electrons. The molecule has 0 aliphatic rings. The Kier molecular flexibility index (Phi) is 5.47. The molecule has 6 heteroatoms. The maximum Gasteiger partial charge on any atom is 0.416 e. The third-order valence-electron chi connectivity index (χ3n) is 2.33. The summed E-state index contributed by atoms with van der Waals surface area (Å²) in [6.45, 7) is 3.08. The maximum absolute atomic E-state index is 12.6. The summed E-state index contributed by atoms with van der Waals surface area (Å²) in [4.78, 5) is 0. The Bertz CT molecular complexity index is 395. The molecule has 0 saturated heterocycles. The number of nitrogens with one attached hydrogen (secondary N) is 1. The number of halogens is 4. The van der Waals surface area contributed by atoms with Crippen LogP contribution in [0.15, 0.2) is 22.7 Å². The van der Waals surface area contributed by atoms with E-state index in [1.165, 1.54) is 0 Å². The largest absolute Gasteiger partial charge is 0.416 e. The quantitative estimate of drug-likeness (QED) is 0.877. The lowest BCUT2D eigenvalue weighted by Gasteiger charge is -2.14. The fourth-order valence-electron chi connectivity index (χ4n) is 1.49. The Balaban J connectivity index is 2.75. The van der Waals surface area contributed by atoms with Gasteiger partial charge in [-0.05, 0) is 24.1 Å². The van der Waals surface area contributed by atoms with Gasteiger partial charge in [0.05, 0.1) is 12.2 Å². The topological polar surface area (TPSA) is 21.3 Å². The van der Waals surface area contributed by atoms with Crippen molar-refractivity contribution in [1.82, 2.24) is 0 Å². The fourth-order valence-corrected chi connectivity index (χ4v) is 1.98. The van der Waals surface area contributed by atoms with E-state index in [2.05, 4.69) is 21.2 Å². The molecule has 1 atom stereocenters. The second kappa shape index (κ2) is 6.43. The predicted octanol–water partition coefficient (Wildman–Crippen LogP) is 4.16. The van der Waals surface area contributed by atoms with Crippen molar-refractivity contribution < 1.29 is 17.9 Å². The maximum atomic E-state index is 12.6. The second-order valence-electron chi connectivity index (χ2n) is 4.17. The molecule has 0 spiro atoms. The predicted molar refractivity (Wildman–Crippen MR) is 68.7 cm³/mol. The van der Waals surface area contributed by atoms with Crippen LogP contribution in [0.1, 0.15) is 12.5 Å². The summed E-state index contributed by atoms with van der Waals surface area (Å²) in [6, 6.07) is 3.78. The van der Waals surface area contributed by atoms with Crippen LogP contribution in [-0.4, -0.2) is 20.3 Å². The van der Waals surface area contributed by atoms with Crippen LogP contribution in [0.3, 0.4) is 0 Å². The van der Waals surface area contributed by atoms with E-state index in [9.17, 15) is 13.2 Å². The van der Waals surface area contributed by atoms with E-state index >= 15 is 0 Å². The molecule has 1 aromatic rings. The van der Waals surface area contributed by atoms with Crippen LogP contribution in [0.25, 0.3) is 0 Å². The zero-order valence-electron chi connectivity index (χ0n) is 10.1. The van der Waals surface area contributed by atoms with Crippen LogP contribution in [-0.2, 0) is 10.9 Å². The van der Waals surface area contributed by atoms with Gasteiger partial charge in [-0.1, -0.05) is 22.9 Å². The van der Waals surface area contributed by atoms with E-state index in [4.69, 9.17) is 4.74 Å². The van der Waals surface area contributed by atoms with Gasteiger partial charge >= 0.3 is 6.18 Å². The molecule has 1 aromatic carbocycles. The molecule has 0 amide bonds. The lowest BCUT2D eigenvalue weighted by molar-refractivity contribution is -0.137. The van der Waals surface area contributed by atoms with Crippen molar-refractivity contribution in [3.63, 3.8) is 0 Å². The number of benzene rings is 1. The molecule has 1 N–H and O–H groups in total. The molecule has 1 unspecified atom stereocenters. The Hall–Kier alpha value is -0.750. The molecular formula is C12H15BrF3NO. The van der Waals surface area contributed by atoms with Crippen LogP contribution in [0.5, 0.6) is 0 Å². The summed E-state index contributed by atoms with van der Waals surface area (Å²) in [7, 11) is 1.59. The van der Waals surface area contributed by atoms with E-state index in [1.54, 1.807) is 13.2 Å². The summed E-state index contributed by atoms with van der Waals surface area (Å²) in [6.07, 6.45) is -4.33. The Morgan fingerprint density at radius 3 is 2.56 bits per heavy atom. The zero-order valence-corrected chi connectivity index (χ0v) is 11.7. The first-order chi connectivity index (χ1) is 8.32. The first-order valence-corrected chi connectivity index (χ1v) is 6.23. The van der Waals surface area contributed by atoms with Crippen LogP contribution in [0.2, 0.25) is 0 Å². The van der Waals surface area contributed by atoms with Gasteiger partial charge in [0, 0.05) is 23.8 Å². The van der Waals surface area contributed by atoms with Gasteiger partial charge in [0.2, 0.25) is 0 Å². The van der Waals surface area contributed by atoms with Gasteiger partial charge in [-0.2, -0.15) is 13.2 Å². The van der Waals surface area contributed by atoms with Crippen molar-refractivity contribution in [2.75, 3.05) is 25.6 Å². The van der Waals surface area contributed by atoms with Gasteiger partial charge in [0.25, 0.3) is 0 Å². The van der Waals surface area contributed by atoms with Crippen molar-refractivity contribution in [2.45, 2.75) is 13.1 Å². The average molecular weight is 326 g/mol. The molecular weight excluding hydrogens is 311 g/mol. The molecule has 0 aromatic heterocycles. The minimum absolute atomic E-state index is 0.225. The molecule has 0 aliphatic carbocycles. The number of hydrogen-bond acceptors (Lipinski definition) is 2. The number of hydrogen-bond donors (Lipinski definition) is 1. The highest BCUT2D eigenvalue weighted by molar-refractivity contribution is 9.10. The summed E-state index contributed by atoms with van der Waals surface area (Å²) in [5.74, 6) is 0.225. The van der Waals surface area contributed by atoms with E-state index < -0.39 is 11.7 Å². The molecule has 0 radical (unpaired) electrons. The summed E-state index contributed by atoms with van der Waals surface area (Å²) >= 11 is 3.08. The number of anilines is 1. The van der Waals surface area contributed by atoms with Crippen molar-refractivity contribution in [3.8, 4) is 0 Å². The normalized spacial score (nSPS) is 13.4. The van der Waals surface area contributed by atoms with Crippen molar-refractivity contribution in [3.05, 3.63) is 28.2 Å². The third kappa shape index (κ3) is 4.86. The molecule has 0 aliphatic heterocycles. The standard InChI is InChI=1S/C12H15BrF3NO/c1-8(7-18-2)6-17-11-4-9(12(14,15)16)3-10(13)5-11/h3-5,8,17H,6-7H2,1-2H3. The van der Waals surface area contributed by atoms with E-state index in [1.807, 2.05) is 6.92 Å².